The van der Waals surface area contributed by atoms with E-state index < -0.39 is 5.91 Å². The number of aryl methyl sites for hydroxylation is 1. The summed E-state index contributed by atoms with van der Waals surface area (Å²) in [5.74, 6) is -0.564. The number of rotatable bonds is 2. The Morgan fingerprint density at radius 2 is 1.72 bits per heavy atom. The van der Waals surface area contributed by atoms with Crippen LogP contribution in [0, 0.1) is 6.92 Å². The smallest absolute Gasteiger partial charge is 0.254 e. The van der Waals surface area contributed by atoms with Crippen LogP contribution in [0.25, 0.3) is 21.7 Å². The summed E-state index contributed by atoms with van der Waals surface area (Å²) in [5, 5.41) is 2.92. The van der Waals surface area contributed by atoms with Gasteiger partial charge in [-0.3, -0.25) is 4.79 Å². The van der Waals surface area contributed by atoms with Crippen molar-refractivity contribution in [3.63, 3.8) is 0 Å². The summed E-state index contributed by atoms with van der Waals surface area (Å²) >= 11 is 0. The molecule has 2 N–H and O–H groups in total. The molecule has 0 aliphatic carbocycles. The molecular formula is C21H16N2O2. The summed E-state index contributed by atoms with van der Waals surface area (Å²) in [6.45, 7) is 1.96. The average molecular weight is 328 g/mol. The maximum atomic E-state index is 12.0. The van der Waals surface area contributed by atoms with Gasteiger partial charge in [-0.15, -0.1) is 0 Å². The van der Waals surface area contributed by atoms with Crippen molar-refractivity contribution < 1.29 is 9.21 Å². The Balaban J connectivity index is 2.08. The number of nitrogens with zero attached hydrogens (tertiary/aromatic N) is 1. The van der Waals surface area contributed by atoms with Gasteiger partial charge < -0.3 is 10.2 Å². The third-order valence-corrected chi connectivity index (χ3v) is 4.26. The summed E-state index contributed by atoms with van der Waals surface area (Å²) in [6.07, 6.45) is 0. The quantitative estimate of drug-likeness (QED) is 0.560. The van der Waals surface area contributed by atoms with Gasteiger partial charge in [0.15, 0.2) is 0 Å². The molecular weight excluding hydrogens is 312 g/mol. The van der Waals surface area contributed by atoms with Crippen molar-refractivity contribution in [1.29, 1.82) is 0 Å². The van der Waals surface area contributed by atoms with Gasteiger partial charge in [0.25, 0.3) is 5.91 Å². The van der Waals surface area contributed by atoms with Crippen molar-refractivity contribution in [2.75, 3.05) is 0 Å². The lowest BCUT2D eigenvalue weighted by molar-refractivity contribution is 0.0996. The van der Waals surface area contributed by atoms with E-state index >= 15 is 0 Å². The Morgan fingerprint density at radius 3 is 2.52 bits per heavy atom. The fourth-order valence-corrected chi connectivity index (χ4v) is 2.94. The zero-order valence-electron chi connectivity index (χ0n) is 13.7. The minimum Gasteiger partial charge on any atom is -0.438 e. The molecule has 0 saturated heterocycles. The Hall–Kier alpha value is -3.40. The number of para-hydroxylation sites is 1. The van der Waals surface area contributed by atoms with Crippen LogP contribution in [-0.2, 0) is 0 Å². The zero-order valence-corrected chi connectivity index (χ0v) is 13.7. The van der Waals surface area contributed by atoms with E-state index in [2.05, 4.69) is 4.99 Å². The fraction of sp³-hybridized carbons (Fsp3) is 0.0476. The van der Waals surface area contributed by atoms with E-state index in [1.807, 2.05) is 67.6 Å². The van der Waals surface area contributed by atoms with Gasteiger partial charge in [0.2, 0.25) is 5.55 Å². The third kappa shape index (κ3) is 2.68. The minimum atomic E-state index is -0.564. The highest BCUT2D eigenvalue weighted by atomic mass is 16.3. The largest absolute Gasteiger partial charge is 0.438 e. The van der Waals surface area contributed by atoms with Crippen LogP contribution in [0.4, 0.5) is 5.69 Å². The molecule has 0 atom stereocenters. The number of nitrogens with two attached hydrogens (primary N) is 1. The molecule has 122 valence electrons. The second kappa shape index (κ2) is 5.91. The van der Waals surface area contributed by atoms with Crippen LogP contribution in [0.1, 0.15) is 15.9 Å². The van der Waals surface area contributed by atoms with Crippen molar-refractivity contribution in [2.24, 2.45) is 10.7 Å². The molecule has 0 bridgehead atoms. The van der Waals surface area contributed by atoms with Gasteiger partial charge >= 0.3 is 0 Å². The summed E-state index contributed by atoms with van der Waals surface area (Å²) in [4.78, 5) is 16.5. The molecule has 0 unspecified atom stereocenters. The molecule has 3 aromatic carbocycles. The first-order valence-corrected chi connectivity index (χ1v) is 7.99. The number of hydrogen-bond donors (Lipinski definition) is 1. The number of primary amides is 1. The third-order valence-electron chi connectivity index (χ3n) is 4.26. The SMILES string of the molecule is Cc1ccccc1N=c1oc2ccc3ccccc3c2cc1C(N)=O. The number of amides is 1. The van der Waals surface area contributed by atoms with Crippen molar-refractivity contribution in [3.8, 4) is 0 Å². The maximum Gasteiger partial charge on any atom is 0.254 e. The highest BCUT2D eigenvalue weighted by molar-refractivity contribution is 6.07. The number of hydrogen-bond acceptors (Lipinski definition) is 3. The molecule has 1 aromatic heterocycles. The van der Waals surface area contributed by atoms with Crippen LogP contribution in [0.2, 0.25) is 0 Å². The zero-order chi connectivity index (χ0) is 17.4. The summed E-state index contributed by atoms with van der Waals surface area (Å²) in [5.41, 5.74) is 8.48. The number of benzene rings is 3. The molecule has 4 heteroatoms. The van der Waals surface area contributed by atoms with E-state index in [4.69, 9.17) is 10.2 Å². The fourth-order valence-electron chi connectivity index (χ4n) is 2.94. The highest BCUT2D eigenvalue weighted by Crippen LogP contribution is 2.25. The molecule has 4 rings (SSSR count). The van der Waals surface area contributed by atoms with Crippen LogP contribution in [-0.4, -0.2) is 5.91 Å². The predicted octanol–water partition coefficient (Wildman–Crippen LogP) is 4.23. The second-order valence-electron chi connectivity index (χ2n) is 5.93. The topological polar surface area (TPSA) is 68.6 Å². The lowest BCUT2D eigenvalue weighted by Gasteiger charge is -2.06. The Bertz CT molecular complexity index is 1190. The minimum absolute atomic E-state index is 0.226. The first kappa shape index (κ1) is 15.1. The van der Waals surface area contributed by atoms with Gasteiger partial charge in [-0.2, -0.15) is 0 Å². The monoisotopic (exact) mass is 328 g/mol. The predicted molar refractivity (Wildman–Crippen MR) is 98.6 cm³/mol. The average Bonchev–Trinajstić information content (AvgIpc) is 2.62. The molecule has 4 aromatic rings. The van der Waals surface area contributed by atoms with E-state index in [0.29, 0.717) is 5.58 Å². The lowest BCUT2D eigenvalue weighted by atomic mass is 10.0. The molecule has 1 amide bonds. The second-order valence-corrected chi connectivity index (χ2v) is 5.93. The van der Waals surface area contributed by atoms with Gasteiger partial charge in [0.1, 0.15) is 11.1 Å². The van der Waals surface area contributed by atoms with Gasteiger partial charge in [-0.1, -0.05) is 48.5 Å². The molecule has 0 aliphatic rings. The van der Waals surface area contributed by atoms with Gasteiger partial charge in [0.05, 0.1) is 5.69 Å². The molecule has 25 heavy (non-hydrogen) atoms. The molecule has 0 saturated carbocycles. The number of carbonyl (C=O) groups is 1. The molecule has 0 fully saturated rings. The van der Waals surface area contributed by atoms with E-state index in [1.165, 1.54) is 0 Å². The number of fused-ring (bicyclic) bond motifs is 3. The van der Waals surface area contributed by atoms with Crippen molar-refractivity contribution in [3.05, 3.63) is 83.4 Å². The Kier molecular flexibility index (Phi) is 3.58. The lowest BCUT2D eigenvalue weighted by Crippen LogP contribution is -2.21. The van der Waals surface area contributed by atoms with Crippen molar-refractivity contribution >= 4 is 33.3 Å². The van der Waals surface area contributed by atoms with Crippen molar-refractivity contribution in [1.82, 2.24) is 0 Å². The maximum absolute atomic E-state index is 12.0. The molecule has 0 spiro atoms. The van der Waals surface area contributed by atoms with E-state index in [-0.39, 0.29) is 11.1 Å². The van der Waals surface area contributed by atoms with Crippen LogP contribution in [0.5, 0.6) is 0 Å². The summed E-state index contributed by atoms with van der Waals surface area (Å²) in [7, 11) is 0. The summed E-state index contributed by atoms with van der Waals surface area (Å²) in [6, 6.07) is 21.2. The Labute approximate surface area is 144 Å². The van der Waals surface area contributed by atoms with Gasteiger partial charge in [0, 0.05) is 5.39 Å². The normalized spacial score (nSPS) is 12.0. The Morgan fingerprint density at radius 1 is 0.960 bits per heavy atom. The number of carbonyl (C=O) groups excluding carboxylic acids is 1. The van der Waals surface area contributed by atoms with E-state index in [0.717, 1.165) is 27.4 Å². The van der Waals surface area contributed by atoms with Crippen LogP contribution >= 0.6 is 0 Å². The van der Waals surface area contributed by atoms with E-state index in [1.54, 1.807) is 6.07 Å². The van der Waals surface area contributed by atoms with Crippen LogP contribution in [0.15, 0.2) is 76.1 Å². The summed E-state index contributed by atoms with van der Waals surface area (Å²) < 4.78 is 5.95. The van der Waals surface area contributed by atoms with Gasteiger partial charge in [-0.25, -0.2) is 4.99 Å². The first-order chi connectivity index (χ1) is 12.1. The molecule has 0 aliphatic heterocycles. The first-order valence-electron chi connectivity index (χ1n) is 7.99. The van der Waals surface area contributed by atoms with Gasteiger partial charge in [-0.05, 0) is 41.5 Å². The van der Waals surface area contributed by atoms with Crippen molar-refractivity contribution in [2.45, 2.75) is 6.92 Å². The highest BCUT2D eigenvalue weighted by Gasteiger charge is 2.11. The molecule has 0 radical (unpaired) electrons. The van der Waals surface area contributed by atoms with E-state index in [9.17, 15) is 4.79 Å². The van der Waals surface area contributed by atoms with Crippen LogP contribution in [0.3, 0.4) is 0 Å². The molecule has 1 heterocycles. The standard InChI is InChI=1S/C21H16N2O2/c1-13-6-2-5-9-18(13)23-21-17(20(22)24)12-16-15-8-4-3-7-14(15)10-11-19(16)25-21/h2-12H,1H3,(H2,22,24). The molecule has 4 nitrogen and oxygen atoms in total. The van der Waals surface area contributed by atoms with Crippen LogP contribution < -0.4 is 11.3 Å².